The molecule has 1 N–H and O–H groups in total. The van der Waals surface area contributed by atoms with Gasteiger partial charge in [0, 0.05) is 43.5 Å². The molecule has 0 aliphatic carbocycles. The number of fused-ring (bicyclic) bond motifs is 1. The van der Waals surface area contributed by atoms with Crippen molar-refractivity contribution in [3.8, 4) is 0 Å². The fourth-order valence-corrected chi connectivity index (χ4v) is 4.26. The van der Waals surface area contributed by atoms with Gasteiger partial charge < -0.3 is 5.32 Å². The second-order valence-corrected chi connectivity index (χ2v) is 7.17. The van der Waals surface area contributed by atoms with Crippen LogP contribution < -0.4 is 5.32 Å². The SMILES string of the molecule is CCn1nc(CNC[C@@H]2CCN(C)[C@H]2c2cccnc2)c2ccccc21. The fourth-order valence-electron chi connectivity index (χ4n) is 4.26. The molecule has 1 aliphatic rings. The Bertz CT molecular complexity index is 857. The van der Waals surface area contributed by atoms with Crippen LogP contribution in [-0.2, 0) is 13.1 Å². The van der Waals surface area contributed by atoms with Crippen molar-refractivity contribution in [3.63, 3.8) is 0 Å². The van der Waals surface area contributed by atoms with Crippen molar-refractivity contribution in [1.29, 1.82) is 0 Å². The summed E-state index contributed by atoms with van der Waals surface area (Å²) in [6, 6.07) is 13.2. The van der Waals surface area contributed by atoms with E-state index in [-0.39, 0.29) is 0 Å². The van der Waals surface area contributed by atoms with E-state index in [0.29, 0.717) is 12.0 Å². The van der Waals surface area contributed by atoms with Gasteiger partial charge in [0.1, 0.15) is 0 Å². The van der Waals surface area contributed by atoms with Crippen molar-refractivity contribution >= 4 is 10.9 Å². The van der Waals surface area contributed by atoms with E-state index < -0.39 is 0 Å². The average molecular weight is 349 g/mol. The number of aryl methyl sites for hydroxylation is 1. The Hall–Kier alpha value is -2.24. The number of pyridine rings is 1. The summed E-state index contributed by atoms with van der Waals surface area (Å²) in [6.07, 6.45) is 5.07. The summed E-state index contributed by atoms with van der Waals surface area (Å²) in [7, 11) is 2.22. The predicted molar refractivity (Wildman–Crippen MR) is 105 cm³/mol. The highest BCUT2D eigenvalue weighted by atomic mass is 15.3. The molecule has 3 aromatic rings. The normalized spacial score (nSPS) is 20.8. The smallest absolute Gasteiger partial charge is 0.0841 e. The quantitative estimate of drug-likeness (QED) is 0.742. The van der Waals surface area contributed by atoms with Crippen LogP contribution in [0.4, 0.5) is 0 Å². The standard InChI is InChI=1S/C21H27N5/c1-3-26-20-9-5-4-8-18(20)19(24-26)15-23-14-17-10-12-25(2)21(17)16-7-6-11-22-13-16/h4-9,11,13,17,21,23H,3,10,12,14-15H2,1-2H3/t17-,21-/m0/s1. The van der Waals surface area contributed by atoms with E-state index in [9.17, 15) is 0 Å². The summed E-state index contributed by atoms with van der Waals surface area (Å²) < 4.78 is 2.09. The molecule has 0 saturated carbocycles. The van der Waals surface area contributed by atoms with Crippen molar-refractivity contribution in [1.82, 2.24) is 25.0 Å². The second kappa shape index (κ2) is 7.56. The van der Waals surface area contributed by atoms with Crippen LogP contribution in [0.3, 0.4) is 0 Å². The molecule has 0 bridgehead atoms. The average Bonchev–Trinajstić information content (AvgIpc) is 3.23. The molecule has 5 heteroatoms. The monoisotopic (exact) mass is 349 g/mol. The van der Waals surface area contributed by atoms with Crippen molar-refractivity contribution in [2.75, 3.05) is 20.1 Å². The molecular formula is C21H27N5. The van der Waals surface area contributed by atoms with Gasteiger partial charge in [-0.3, -0.25) is 14.6 Å². The topological polar surface area (TPSA) is 46.0 Å². The Morgan fingerprint density at radius 1 is 1.19 bits per heavy atom. The first-order chi connectivity index (χ1) is 12.8. The van der Waals surface area contributed by atoms with Gasteiger partial charge in [-0.15, -0.1) is 0 Å². The van der Waals surface area contributed by atoms with Gasteiger partial charge in [0.15, 0.2) is 0 Å². The highest BCUT2D eigenvalue weighted by Gasteiger charge is 2.32. The molecule has 136 valence electrons. The first-order valence-electron chi connectivity index (χ1n) is 9.53. The number of hydrogen-bond donors (Lipinski definition) is 1. The van der Waals surface area contributed by atoms with Gasteiger partial charge in [0.25, 0.3) is 0 Å². The molecule has 26 heavy (non-hydrogen) atoms. The van der Waals surface area contributed by atoms with Crippen LogP contribution in [0.5, 0.6) is 0 Å². The lowest BCUT2D eigenvalue weighted by Crippen LogP contribution is -2.28. The zero-order chi connectivity index (χ0) is 17.9. The highest BCUT2D eigenvalue weighted by molar-refractivity contribution is 5.81. The summed E-state index contributed by atoms with van der Waals surface area (Å²) >= 11 is 0. The molecule has 5 nitrogen and oxygen atoms in total. The molecule has 1 aromatic carbocycles. The number of hydrogen-bond acceptors (Lipinski definition) is 4. The maximum Gasteiger partial charge on any atom is 0.0841 e. The van der Waals surface area contributed by atoms with E-state index in [4.69, 9.17) is 5.10 Å². The van der Waals surface area contributed by atoms with Crippen LogP contribution in [0, 0.1) is 5.92 Å². The number of likely N-dealkylation sites (tertiary alicyclic amines) is 1. The van der Waals surface area contributed by atoms with Crippen LogP contribution in [0.25, 0.3) is 10.9 Å². The number of nitrogens with one attached hydrogen (secondary N) is 1. The summed E-state index contributed by atoms with van der Waals surface area (Å²) in [5.74, 6) is 0.601. The van der Waals surface area contributed by atoms with Crippen LogP contribution in [-0.4, -0.2) is 39.8 Å². The molecule has 0 spiro atoms. The van der Waals surface area contributed by atoms with Crippen LogP contribution in [0.2, 0.25) is 0 Å². The highest BCUT2D eigenvalue weighted by Crippen LogP contribution is 2.35. The summed E-state index contributed by atoms with van der Waals surface area (Å²) in [5, 5.41) is 9.73. The lowest BCUT2D eigenvalue weighted by Gasteiger charge is -2.25. The number of nitrogens with zero attached hydrogens (tertiary/aromatic N) is 4. The van der Waals surface area contributed by atoms with Gasteiger partial charge in [-0.1, -0.05) is 24.3 Å². The Kier molecular flexibility index (Phi) is 5.00. The zero-order valence-corrected chi connectivity index (χ0v) is 15.6. The van der Waals surface area contributed by atoms with Crippen LogP contribution in [0.1, 0.15) is 30.6 Å². The molecule has 1 aliphatic heterocycles. The molecule has 2 aromatic heterocycles. The number of para-hydroxylation sites is 1. The van der Waals surface area contributed by atoms with Crippen LogP contribution >= 0.6 is 0 Å². The van der Waals surface area contributed by atoms with Crippen LogP contribution in [0.15, 0.2) is 48.8 Å². The molecule has 0 amide bonds. The van der Waals surface area contributed by atoms with Gasteiger partial charge in [0.2, 0.25) is 0 Å². The largest absolute Gasteiger partial charge is 0.311 e. The maximum atomic E-state index is 4.80. The fraction of sp³-hybridized carbons (Fsp3) is 0.429. The molecule has 0 unspecified atom stereocenters. The molecular weight excluding hydrogens is 322 g/mol. The first-order valence-corrected chi connectivity index (χ1v) is 9.53. The molecule has 1 saturated heterocycles. The summed E-state index contributed by atoms with van der Waals surface area (Å²) in [6.45, 7) is 5.99. The molecule has 1 fully saturated rings. The van der Waals surface area contributed by atoms with E-state index >= 15 is 0 Å². The number of aromatic nitrogens is 3. The molecule has 3 heterocycles. The zero-order valence-electron chi connectivity index (χ0n) is 15.6. The van der Waals surface area contributed by atoms with E-state index in [0.717, 1.165) is 31.9 Å². The van der Waals surface area contributed by atoms with Gasteiger partial charge in [-0.05, 0) is 50.6 Å². The number of rotatable bonds is 6. The van der Waals surface area contributed by atoms with Gasteiger partial charge in [-0.2, -0.15) is 5.10 Å². The second-order valence-electron chi connectivity index (χ2n) is 7.17. The minimum absolute atomic E-state index is 0.446. The summed E-state index contributed by atoms with van der Waals surface area (Å²) in [5.41, 5.74) is 3.69. The van der Waals surface area contributed by atoms with E-state index in [1.165, 1.54) is 22.9 Å². The lowest BCUT2D eigenvalue weighted by atomic mass is 9.95. The van der Waals surface area contributed by atoms with E-state index in [2.05, 4.69) is 64.2 Å². The molecule has 4 rings (SSSR count). The van der Waals surface area contributed by atoms with Crippen molar-refractivity contribution in [3.05, 3.63) is 60.0 Å². The van der Waals surface area contributed by atoms with E-state index in [1.807, 2.05) is 18.5 Å². The number of benzene rings is 1. The van der Waals surface area contributed by atoms with Gasteiger partial charge in [-0.25, -0.2) is 0 Å². The Morgan fingerprint density at radius 2 is 2.08 bits per heavy atom. The Labute approximate surface area is 155 Å². The summed E-state index contributed by atoms with van der Waals surface area (Å²) in [4.78, 5) is 6.76. The third-order valence-electron chi connectivity index (χ3n) is 5.53. The van der Waals surface area contributed by atoms with Gasteiger partial charge in [0.05, 0.1) is 11.2 Å². The minimum atomic E-state index is 0.446. The first kappa shape index (κ1) is 17.2. The molecule has 0 radical (unpaired) electrons. The van der Waals surface area contributed by atoms with Crippen molar-refractivity contribution in [2.45, 2.75) is 32.5 Å². The minimum Gasteiger partial charge on any atom is -0.311 e. The van der Waals surface area contributed by atoms with Crippen molar-refractivity contribution in [2.24, 2.45) is 5.92 Å². The maximum absolute atomic E-state index is 4.80. The Morgan fingerprint density at radius 3 is 2.88 bits per heavy atom. The van der Waals surface area contributed by atoms with Gasteiger partial charge >= 0.3 is 0 Å². The van der Waals surface area contributed by atoms with E-state index in [1.54, 1.807) is 0 Å². The lowest BCUT2D eigenvalue weighted by molar-refractivity contribution is 0.271. The molecule has 2 atom stereocenters. The third kappa shape index (κ3) is 3.24. The predicted octanol–water partition coefficient (Wildman–Crippen LogP) is 3.23. The van der Waals surface area contributed by atoms with Crippen molar-refractivity contribution < 1.29 is 0 Å². The Balaban J connectivity index is 1.45. The third-order valence-corrected chi connectivity index (χ3v) is 5.53.